The van der Waals surface area contributed by atoms with Crippen LogP contribution in [0.25, 0.3) is 0 Å². The fourth-order valence-corrected chi connectivity index (χ4v) is 2.52. The molecule has 0 amide bonds. The predicted octanol–water partition coefficient (Wildman–Crippen LogP) is 2.60. The van der Waals surface area contributed by atoms with Crippen molar-refractivity contribution in [1.82, 2.24) is 14.9 Å². The third kappa shape index (κ3) is 2.93. The van der Waals surface area contributed by atoms with E-state index in [1.165, 1.54) is 9.75 Å². The number of rotatable bonds is 5. The number of imidazole rings is 1. The molecule has 0 aliphatic heterocycles. The summed E-state index contributed by atoms with van der Waals surface area (Å²) in [6.45, 7) is 6.29. The van der Waals surface area contributed by atoms with Gasteiger partial charge in [-0.15, -0.1) is 11.3 Å². The van der Waals surface area contributed by atoms with Gasteiger partial charge in [0, 0.05) is 41.3 Å². The minimum Gasteiger partial charge on any atom is -0.336 e. The van der Waals surface area contributed by atoms with Gasteiger partial charge in [0.1, 0.15) is 0 Å². The summed E-state index contributed by atoms with van der Waals surface area (Å²) in [5.41, 5.74) is 0. The molecule has 2 aromatic rings. The summed E-state index contributed by atoms with van der Waals surface area (Å²) >= 11 is 1.86. The number of nitrogens with one attached hydrogen (secondary N) is 1. The van der Waals surface area contributed by atoms with Gasteiger partial charge in [-0.3, -0.25) is 0 Å². The summed E-state index contributed by atoms with van der Waals surface area (Å²) in [4.78, 5) is 6.80. The van der Waals surface area contributed by atoms with Gasteiger partial charge in [-0.2, -0.15) is 0 Å². The molecule has 1 N–H and O–H groups in total. The molecular weight excluding hydrogens is 218 g/mol. The lowest BCUT2D eigenvalue weighted by Crippen LogP contribution is -2.22. The molecule has 0 bridgehead atoms. The minimum atomic E-state index is 0.433. The van der Waals surface area contributed by atoms with E-state index in [1.807, 2.05) is 30.1 Å². The highest BCUT2D eigenvalue weighted by Crippen LogP contribution is 2.21. The highest BCUT2D eigenvalue weighted by atomic mass is 32.1. The molecule has 2 rings (SSSR count). The maximum absolute atomic E-state index is 4.02. The molecule has 0 fully saturated rings. The van der Waals surface area contributed by atoms with Crippen LogP contribution in [0.4, 0.5) is 0 Å². The molecule has 86 valence electrons. The zero-order valence-electron chi connectivity index (χ0n) is 9.68. The zero-order chi connectivity index (χ0) is 11.4. The van der Waals surface area contributed by atoms with Gasteiger partial charge in [0.25, 0.3) is 0 Å². The first-order valence-electron chi connectivity index (χ1n) is 5.51. The van der Waals surface area contributed by atoms with Crippen molar-refractivity contribution in [2.24, 2.45) is 0 Å². The molecule has 1 unspecified atom stereocenters. The first-order valence-corrected chi connectivity index (χ1v) is 6.33. The first kappa shape index (κ1) is 11.4. The number of hydrogen-bond donors (Lipinski definition) is 1. The first-order chi connectivity index (χ1) is 7.75. The number of thiophene rings is 1. The summed E-state index contributed by atoms with van der Waals surface area (Å²) in [6.07, 6.45) is 5.65. The molecule has 16 heavy (non-hydrogen) atoms. The Labute approximate surface area is 100 Å². The van der Waals surface area contributed by atoms with Crippen LogP contribution >= 0.6 is 11.3 Å². The largest absolute Gasteiger partial charge is 0.336 e. The molecule has 4 heteroatoms. The van der Waals surface area contributed by atoms with Crippen molar-refractivity contribution in [2.45, 2.75) is 26.4 Å². The Hall–Kier alpha value is -1.13. The van der Waals surface area contributed by atoms with E-state index in [9.17, 15) is 0 Å². The maximum Gasteiger partial charge on any atom is 0.0946 e. The molecule has 0 saturated heterocycles. The Balaban J connectivity index is 1.78. The molecule has 0 aliphatic carbocycles. The molecule has 1 atom stereocenters. The van der Waals surface area contributed by atoms with Crippen LogP contribution in [0.1, 0.15) is 22.7 Å². The SMILES string of the molecule is Cc1ccc(C(C)NCCn2ccnc2)s1. The number of aromatic nitrogens is 2. The molecule has 2 aromatic heterocycles. The Morgan fingerprint density at radius 3 is 3.00 bits per heavy atom. The molecule has 0 aromatic carbocycles. The molecular formula is C12H17N3S. The molecule has 0 spiro atoms. The molecule has 0 radical (unpaired) electrons. The van der Waals surface area contributed by atoms with Crippen molar-refractivity contribution < 1.29 is 0 Å². The maximum atomic E-state index is 4.02. The smallest absolute Gasteiger partial charge is 0.0946 e. The van der Waals surface area contributed by atoms with Crippen LogP contribution < -0.4 is 5.32 Å². The lowest BCUT2D eigenvalue weighted by molar-refractivity contribution is 0.536. The van der Waals surface area contributed by atoms with Gasteiger partial charge in [-0.25, -0.2) is 4.98 Å². The third-order valence-electron chi connectivity index (χ3n) is 2.57. The average Bonchev–Trinajstić information content (AvgIpc) is 2.89. The second-order valence-electron chi connectivity index (χ2n) is 3.92. The predicted molar refractivity (Wildman–Crippen MR) is 67.7 cm³/mol. The lowest BCUT2D eigenvalue weighted by Gasteiger charge is -2.12. The lowest BCUT2D eigenvalue weighted by atomic mass is 10.3. The van der Waals surface area contributed by atoms with Crippen molar-refractivity contribution in [1.29, 1.82) is 0 Å². The van der Waals surface area contributed by atoms with Gasteiger partial charge in [-0.1, -0.05) is 0 Å². The van der Waals surface area contributed by atoms with Crippen molar-refractivity contribution in [3.05, 3.63) is 40.6 Å². The van der Waals surface area contributed by atoms with Crippen LogP contribution in [-0.2, 0) is 6.54 Å². The monoisotopic (exact) mass is 235 g/mol. The van der Waals surface area contributed by atoms with Gasteiger partial charge in [0.05, 0.1) is 6.33 Å². The summed E-state index contributed by atoms with van der Waals surface area (Å²) in [6, 6.07) is 4.81. The average molecular weight is 235 g/mol. The summed E-state index contributed by atoms with van der Waals surface area (Å²) < 4.78 is 2.08. The Morgan fingerprint density at radius 2 is 2.38 bits per heavy atom. The van der Waals surface area contributed by atoms with E-state index in [-0.39, 0.29) is 0 Å². The topological polar surface area (TPSA) is 29.9 Å². The van der Waals surface area contributed by atoms with Crippen molar-refractivity contribution in [3.63, 3.8) is 0 Å². The Bertz CT molecular complexity index is 419. The summed E-state index contributed by atoms with van der Waals surface area (Å²) in [5, 5.41) is 3.51. The normalized spacial score (nSPS) is 12.9. The highest BCUT2D eigenvalue weighted by molar-refractivity contribution is 7.12. The zero-order valence-corrected chi connectivity index (χ0v) is 10.5. The van der Waals surface area contributed by atoms with Crippen LogP contribution in [0.15, 0.2) is 30.9 Å². The minimum absolute atomic E-state index is 0.433. The molecule has 2 heterocycles. The van der Waals surface area contributed by atoms with E-state index < -0.39 is 0 Å². The van der Waals surface area contributed by atoms with Crippen molar-refractivity contribution in [3.8, 4) is 0 Å². The standard InChI is InChI=1S/C12H17N3S/c1-10-3-4-12(16-10)11(2)14-6-8-15-7-5-13-9-15/h3-5,7,9,11,14H,6,8H2,1-2H3. The molecule has 0 aliphatic rings. The van der Waals surface area contributed by atoms with E-state index in [1.54, 1.807) is 0 Å². The Morgan fingerprint density at radius 1 is 1.50 bits per heavy atom. The molecule has 0 saturated carbocycles. The van der Waals surface area contributed by atoms with Crippen LogP contribution in [0, 0.1) is 6.92 Å². The van der Waals surface area contributed by atoms with E-state index >= 15 is 0 Å². The number of hydrogen-bond acceptors (Lipinski definition) is 3. The van der Waals surface area contributed by atoms with E-state index in [0.717, 1.165) is 13.1 Å². The van der Waals surface area contributed by atoms with E-state index in [2.05, 4.69) is 40.8 Å². The highest BCUT2D eigenvalue weighted by Gasteiger charge is 2.06. The van der Waals surface area contributed by atoms with Crippen LogP contribution in [0.5, 0.6) is 0 Å². The van der Waals surface area contributed by atoms with Crippen LogP contribution in [0.2, 0.25) is 0 Å². The van der Waals surface area contributed by atoms with Gasteiger partial charge < -0.3 is 9.88 Å². The fraction of sp³-hybridized carbons (Fsp3) is 0.417. The van der Waals surface area contributed by atoms with Gasteiger partial charge in [-0.05, 0) is 26.0 Å². The van der Waals surface area contributed by atoms with E-state index in [4.69, 9.17) is 0 Å². The summed E-state index contributed by atoms with van der Waals surface area (Å²) in [7, 11) is 0. The summed E-state index contributed by atoms with van der Waals surface area (Å²) in [5.74, 6) is 0. The van der Waals surface area contributed by atoms with Gasteiger partial charge in [0.15, 0.2) is 0 Å². The van der Waals surface area contributed by atoms with Gasteiger partial charge in [0.2, 0.25) is 0 Å². The van der Waals surface area contributed by atoms with E-state index in [0.29, 0.717) is 6.04 Å². The Kier molecular flexibility index (Phi) is 3.74. The second-order valence-corrected chi connectivity index (χ2v) is 5.24. The number of nitrogens with zero attached hydrogens (tertiary/aromatic N) is 2. The van der Waals surface area contributed by atoms with Crippen LogP contribution in [-0.4, -0.2) is 16.1 Å². The second kappa shape index (κ2) is 5.27. The van der Waals surface area contributed by atoms with Crippen LogP contribution in [0.3, 0.4) is 0 Å². The number of aryl methyl sites for hydroxylation is 1. The quantitative estimate of drug-likeness (QED) is 0.863. The van der Waals surface area contributed by atoms with Crippen molar-refractivity contribution in [2.75, 3.05) is 6.54 Å². The fourth-order valence-electron chi connectivity index (χ4n) is 1.62. The van der Waals surface area contributed by atoms with Crippen molar-refractivity contribution >= 4 is 11.3 Å². The molecule has 3 nitrogen and oxygen atoms in total. The third-order valence-corrected chi connectivity index (χ3v) is 3.75. The van der Waals surface area contributed by atoms with Gasteiger partial charge >= 0.3 is 0 Å².